The minimum absolute atomic E-state index is 0.0477. The molecule has 0 aliphatic heterocycles. The van der Waals surface area contributed by atoms with Crippen molar-refractivity contribution in [3.8, 4) is 5.75 Å². The number of rotatable bonds is 6. The molecule has 9 heteroatoms. The summed E-state index contributed by atoms with van der Waals surface area (Å²) in [6, 6.07) is 17.0. The Kier molecular flexibility index (Phi) is 6.40. The van der Waals surface area contributed by atoms with Crippen molar-refractivity contribution in [3.05, 3.63) is 100 Å². The van der Waals surface area contributed by atoms with Crippen LogP contribution in [-0.2, 0) is 13.2 Å². The van der Waals surface area contributed by atoms with E-state index in [9.17, 15) is 14.4 Å². The molecule has 0 unspecified atom stereocenters. The molecule has 33 heavy (non-hydrogen) atoms. The fourth-order valence-corrected chi connectivity index (χ4v) is 3.21. The van der Waals surface area contributed by atoms with Crippen molar-refractivity contribution >= 4 is 22.6 Å². The molecule has 0 saturated carbocycles. The highest BCUT2D eigenvalue weighted by Crippen LogP contribution is 2.15. The fraction of sp³-hybridized carbons (Fsp3) is 0.125. The highest BCUT2D eigenvalue weighted by molar-refractivity contribution is 6.06. The molecule has 4 rings (SSSR count). The van der Waals surface area contributed by atoms with Gasteiger partial charge < -0.3 is 4.74 Å². The van der Waals surface area contributed by atoms with E-state index < -0.39 is 11.8 Å². The smallest absolute Gasteiger partial charge is 0.290 e. The van der Waals surface area contributed by atoms with E-state index in [0.717, 1.165) is 5.56 Å². The molecule has 2 heterocycles. The lowest BCUT2D eigenvalue weighted by molar-refractivity contribution is 0.0843. The van der Waals surface area contributed by atoms with Crippen LogP contribution in [0.5, 0.6) is 5.75 Å². The molecule has 0 aliphatic rings. The molecule has 0 atom stereocenters. The van der Waals surface area contributed by atoms with Gasteiger partial charge in [0, 0.05) is 35.5 Å². The molecule has 2 aromatic carbocycles. The van der Waals surface area contributed by atoms with Crippen LogP contribution < -0.4 is 21.1 Å². The van der Waals surface area contributed by atoms with Crippen LogP contribution in [0, 0.1) is 0 Å². The number of ether oxygens (including phenoxy) is 1. The van der Waals surface area contributed by atoms with Gasteiger partial charge in [-0.25, -0.2) is 4.68 Å². The van der Waals surface area contributed by atoms with Crippen molar-refractivity contribution in [2.24, 2.45) is 0 Å². The Morgan fingerprint density at radius 3 is 2.36 bits per heavy atom. The van der Waals surface area contributed by atoms with Gasteiger partial charge in [-0.05, 0) is 43.3 Å². The molecule has 9 nitrogen and oxygen atoms in total. The van der Waals surface area contributed by atoms with Gasteiger partial charge in [-0.3, -0.25) is 30.2 Å². The largest absolute Gasteiger partial charge is 0.489 e. The summed E-state index contributed by atoms with van der Waals surface area (Å²) in [5, 5.41) is 4.94. The lowest BCUT2D eigenvalue weighted by atomic mass is 10.1. The van der Waals surface area contributed by atoms with Crippen LogP contribution in [0.25, 0.3) is 10.8 Å². The van der Waals surface area contributed by atoms with E-state index in [0.29, 0.717) is 35.2 Å². The van der Waals surface area contributed by atoms with Crippen LogP contribution >= 0.6 is 0 Å². The molecule has 0 radical (unpaired) electrons. The molecule has 2 amide bonds. The molecule has 0 spiro atoms. The quantitative estimate of drug-likeness (QED) is 0.443. The summed E-state index contributed by atoms with van der Waals surface area (Å²) in [5.74, 6) is -0.537. The Morgan fingerprint density at radius 2 is 1.67 bits per heavy atom. The van der Waals surface area contributed by atoms with Gasteiger partial charge in [-0.1, -0.05) is 24.3 Å². The average molecular weight is 443 g/mol. The first kappa shape index (κ1) is 21.7. The van der Waals surface area contributed by atoms with Crippen molar-refractivity contribution in [3.63, 3.8) is 0 Å². The first-order valence-electron chi connectivity index (χ1n) is 10.3. The Balaban J connectivity index is 1.41. The van der Waals surface area contributed by atoms with E-state index in [4.69, 9.17) is 4.74 Å². The lowest BCUT2D eigenvalue weighted by Crippen LogP contribution is -2.42. The summed E-state index contributed by atoms with van der Waals surface area (Å²) in [6.45, 7) is 2.43. The number of carbonyl (C=O) groups excluding carboxylic acids is 2. The predicted molar refractivity (Wildman–Crippen MR) is 122 cm³/mol. The van der Waals surface area contributed by atoms with Crippen molar-refractivity contribution in [1.82, 2.24) is 25.6 Å². The van der Waals surface area contributed by atoms with Gasteiger partial charge in [0.1, 0.15) is 12.4 Å². The molecule has 0 fully saturated rings. The van der Waals surface area contributed by atoms with Crippen LogP contribution in [0.1, 0.15) is 33.3 Å². The number of pyridine rings is 1. The number of nitrogens with zero attached hydrogens (tertiary/aromatic N) is 3. The second-order valence-electron chi connectivity index (χ2n) is 7.10. The van der Waals surface area contributed by atoms with Crippen LogP contribution in [0.2, 0.25) is 0 Å². The zero-order chi connectivity index (χ0) is 23.2. The van der Waals surface area contributed by atoms with Gasteiger partial charge >= 0.3 is 0 Å². The maximum atomic E-state index is 12.7. The Morgan fingerprint density at radius 1 is 0.939 bits per heavy atom. The topological polar surface area (TPSA) is 115 Å². The van der Waals surface area contributed by atoms with Crippen LogP contribution in [0.4, 0.5) is 0 Å². The zero-order valence-corrected chi connectivity index (χ0v) is 17.8. The number of fused-ring (bicyclic) bond motifs is 1. The summed E-state index contributed by atoms with van der Waals surface area (Å²) >= 11 is 0. The predicted octanol–water partition coefficient (Wildman–Crippen LogP) is 2.47. The normalized spacial score (nSPS) is 10.6. The number of aryl methyl sites for hydroxylation is 1. The van der Waals surface area contributed by atoms with Crippen molar-refractivity contribution in [2.75, 3.05) is 0 Å². The second-order valence-corrected chi connectivity index (χ2v) is 7.10. The summed E-state index contributed by atoms with van der Waals surface area (Å²) in [5.41, 5.74) is 5.77. The van der Waals surface area contributed by atoms with E-state index in [1.807, 2.05) is 12.1 Å². The first-order chi connectivity index (χ1) is 16.1. The van der Waals surface area contributed by atoms with E-state index in [1.54, 1.807) is 67.8 Å². The molecule has 0 saturated heterocycles. The third kappa shape index (κ3) is 4.87. The first-order valence-corrected chi connectivity index (χ1v) is 10.3. The Bertz CT molecular complexity index is 1350. The summed E-state index contributed by atoms with van der Waals surface area (Å²) in [4.78, 5) is 41.6. The number of carbonyl (C=O) groups is 2. The second kappa shape index (κ2) is 9.73. The van der Waals surface area contributed by atoms with E-state index in [-0.39, 0.29) is 11.3 Å². The number of amides is 2. The molecular formula is C24H21N5O4. The Labute approximate surface area is 189 Å². The van der Waals surface area contributed by atoms with Crippen LogP contribution in [-0.4, -0.2) is 26.6 Å². The highest BCUT2D eigenvalue weighted by Gasteiger charge is 2.17. The summed E-state index contributed by atoms with van der Waals surface area (Å²) in [7, 11) is 0. The molecular weight excluding hydrogens is 422 g/mol. The zero-order valence-electron chi connectivity index (χ0n) is 17.8. The van der Waals surface area contributed by atoms with E-state index in [2.05, 4.69) is 20.9 Å². The standard InChI is InChI=1S/C24H21N5O4/c1-2-29-24(32)20-8-4-3-7-19(20)21(28-29)23(31)27-26-22(30)17-9-11-18(12-10-17)33-15-16-6-5-13-25-14-16/h3-14H,2,15H2,1H3,(H,26,30)(H,27,31). The number of aromatic nitrogens is 3. The fourth-order valence-electron chi connectivity index (χ4n) is 3.21. The maximum absolute atomic E-state index is 12.7. The summed E-state index contributed by atoms with van der Waals surface area (Å²) in [6.07, 6.45) is 3.41. The van der Waals surface area contributed by atoms with E-state index >= 15 is 0 Å². The van der Waals surface area contributed by atoms with Crippen molar-refractivity contribution < 1.29 is 14.3 Å². The highest BCUT2D eigenvalue weighted by atomic mass is 16.5. The number of benzene rings is 2. The monoisotopic (exact) mass is 443 g/mol. The minimum Gasteiger partial charge on any atom is -0.489 e. The molecule has 4 aromatic rings. The van der Waals surface area contributed by atoms with Gasteiger partial charge in [0.2, 0.25) is 0 Å². The number of hydrazine groups is 1. The molecule has 0 bridgehead atoms. The average Bonchev–Trinajstić information content (AvgIpc) is 2.87. The van der Waals surface area contributed by atoms with Gasteiger partial charge in [-0.2, -0.15) is 5.10 Å². The summed E-state index contributed by atoms with van der Waals surface area (Å²) < 4.78 is 6.89. The lowest BCUT2D eigenvalue weighted by Gasteiger charge is -2.11. The maximum Gasteiger partial charge on any atom is 0.290 e. The van der Waals surface area contributed by atoms with E-state index in [1.165, 1.54) is 4.68 Å². The molecule has 0 aliphatic carbocycles. The third-order valence-corrected chi connectivity index (χ3v) is 4.92. The third-order valence-electron chi connectivity index (χ3n) is 4.92. The van der Waals surface area contributed by atoms with Gasteiger partial charge in [0.15, 0.2) is 5.69 Å². The SMILES string of the molecule is CCn1nc(C(=O)NNC(=O)c2ccc(OCc3cccnc3)cc2)c2ccccc2c1=O. The molecule has 2 aromatic heterocycles. The number of nitrogens with one attached hydrogen (secondary N) is 2. The van der Waals surface area contributed by atoms with Crippen molar-refractivity contribution in [1.29, 1.82) is 0 Å². The van der Waals surface area contributed by atoms with Gasteiger partial charge in [0.05, 0.1) is 5.39 Å². The van der Waals surface area contributed by atoms with Crippen LogP contribution in [0.3, 0.4) is 0 Å². The number of hydrogen-bond acceptors (Lipinski definition) is 6. The minimum atomic E-state index is -0.627. The number of hydrogen-bond donors (Lipinski definition) is 2. The molecule has 2 N–H and O–H groups in total. The van der Waals surface area contributed by atoms with Gasteiger partial charge in [0.25, 0.3) is 17.4 Å². The van der Waals surface area contributed by atoms with Gasteiger partial charge in [-0.15, -0.1) is 0 Å². The van der Waals surface area contributed by atoms with Crippen molar-refractivity contribution in [2.45, 2.75) is 20.1 Å². The van der Waals surface area contributed by atoms with Crippen LogP contribution in [0.15, 0.2) is 77.9 Å². The Hall–Kier alpha value is -4.53. The molecule has 166 valence electrons.